The molecule has 0 aromatic rings. The Kier molecular flexibility index (Phi) is 49.4. The number of allylic oxidation sites excluding steroid dienone is 13. The van der Waals surface area contributed by atoms with E-state index in [0.29, 0.717) is 12.8 Å². The molecule has 0 saturated heterocycles. The summed E-state index contributed by atoms with van der Waals surface area (Å²) in [7, 11) is 0. The van der Waals surface area contributed by atoms with Gasteiger partial charge in [-0.3, -0.25) is 14.4 Å². The monoisotopic (exact) mass is 891 g/mol. The van der Waals surface area contributed by atoms with Crippen LogP contribution in [0.3, 0.4) is 0 Å². The van der Waals surface area contributed by atoms with Gasteiger partial charge >= 0.3 is 17.9 Å². The van der Waals surface area contributed by atoms with Gasteiger partial charge in [0.05, 0.1) is 6.42 Å². The zero-order valence-corrected chi connectivity index (χ0v) is 41.8. The SMILES string of the molecule is CC/C=C\C/C=C\C/C=C\C/C=C\C/C=C\CC(=O)OC(COC(=O)CCCCCCCCCC)COC(=O)CCCCCCCCCCCCC/C=C\C/C=C\CCCCCCC. The van der Waals surface area contributed by atoms with E-state index in [-0.39, 0.29) is 31.6 Å². The smallest absolute Gasteiger partial charge is 0.310 e. The molecule has 0 heterocycles. The van der Waals surface area contributed by atoms with E-state index in [9.17, 15) is 14.4 Å². The van der Waals surface area contributed by atoms with Gasteiger partial charge < -0.3 is 14.2 Å². The highest BCUT2D eigenvalue weighted by Crippen LogP contribution is 2.14. The first kappa shape index (κ1) is 60.6. The van der Waals surface area contributed by atoms with Crippen molar-refractivity contribution in [1.82, 2.24) is 0 Å². The summed E-state index contributed by atoms with van der Waals surface area (Å²) < 4.78 is 16.6. The molecule has 0 aromatic heterocycles. The molecule has 0 bridgehead atoms. The highest BCUT2D eigenvalue weighted by atomic mass is 16.6. The second-order valence-electron chi connectivity index (χ2n) is 17.4. The van der Waals surface area contributed by atoms with Gasteiger partial charge in [-0.1, -0.05) is 234 Å². The Morgan fingerprint density at radius 2 is 0.656 bits per heavy atom. The maximum Gasteiger partial charge on any atom is 0.310 e. The number of ether oxygens (including phenoxy) is 3. The van der Waals surface area contributed by atoms with Crippen molar-refractivity contribution in [3.05, 3.63) is 85.1 Å². The van der Waals surface area contributed by atoms with Crippen LogP contribution in [0.15, 0.2) is 85.1 Å². The third-order valence-electron chi connectivity index (χ3n) is 11.2. The minimum absolute atomic E-state index is 0.0970. The van der Waals surface area contributed by atoms with Crippen LogP contribution in [0.5, 0.6) is 0 Å². The molecular weight excluding hydrogens is 793 g/mol. The lowest BCUT2D eigenvalue weighted by molar-refractivity contribution is -0.166. The molecule has 0 aliphatic rings. The Hall–Kier alpha value is -3.41. The summed E-state index contributed by atoms with van der Waals surface area (Å²) in [6.45, 7) is 6.40. The number of hydrogen-bond acceptors (Lipinski definition) is 6. The molecule has 0 radical (unpaired) electrons. The third-order valence-corrected chi connectivity index (χ3v) is 11.2. The molecular formula is C58H98O6. The van der Waals surface area contributed by atoms with Gasteiger partial charge in [0, 0.05) is 12.8 Å². The van der Waals surface area contributed by atoms with Crippen molar-refractivity contribution < 1.29 is 28.6 Å². The highest BCUT2D eigenvalue weighted by Gasteiger charge is 2.19. The number of unbranched alkanes of at least 4 members (excludes halogenated alkanes) is 23. The van der Waals surface area contributed by atoms with Crippen molar-refractivity contribution in [2.75, 3.05) is 13.2 Å². The van der Waals surface area contributed by atoms with Crippen LogP contribution in [-0.2, 0) is 28.6 Å². The lowest BCUT2D eigenvalue weighted by Crippen LogP contribution is -2.30. The van der Waals surface area contributed by atoms with Gasteiger partial charge in [-0.2, -0.15) is 0 Å². The Bertz CT molecular complexity index is 1250. The van der Waals surface area contributed by atoms with Crippen molar-refractivity contribution in [2.24, 2.45) is 0 Å². The predicted octanol–water partition coefficient (Wildman–Crippen LogP) is 17.6. The summed E-state index contributed by atoms with van der Waals surface area (Å²) in [4.78, 5) is 37.8. The van der Waals surface area contributed by atoms with E-state index in [1.165, 1.54) is 128 Å². The van der Waals surface area contributed by atoms with E-state index in [0.717, 1.165) is 77.0 Å². The van der Waals surface area contributed by atoms with E-state index in [1.54, 1.807) is 6.08 Å². The van der Waals surface area contributed by atoms with Gasteiger partial charge in [0.25, 0.3) is 0 Å². The number of esters is 3. The van der Waals surface area contributed by atoms with Gasteiger partial charge in [-0.25, -0.2) is 0 Å². The largest absolute Gasteiger partial charge is 0.462 e. The first-order chi connectivity index (χ1) is 31.5. The fourth-order valence-corrected chi connectivity index (χ4v) is 7.19. The first-order valence-electron chi connectivity index (χ1n) is 26.6. The second kappa shape index (κ2) is 52.2. The molecule has 0 amide bonds. The fraction of sp³-hybridized carbons (Fsp3) is 0.707. The fourth-order valence-electron chi connectivity index (χ4n) is 7.19. The van der Waals surface area contributed by atoms with Crippen LogP contribution in [0, 0.1) is 0 Å². The maximum absolute atomic E-state index is 12.7. The van der Waals surface area contributed by atoms with Gasteiger partial charge in [-0.15, -0.1) is 0 Å². The second-order valence-corrected chi connectivity index (χ2v) is 17.4. The zero-order chi connectivity index (χ0) is 46.5. The zero-order valence-electron chi connectivity index (χ0n) is 41.8. The van der Waals surface area contributed by atoms with Crippen molar-refractivity contribution in [3.63, 3.8) is 0 Å². The van der Waals surface area contributed by atoms with Crippen LogP contribution >= 0.6 is 0 Å². The minimum Gasteiger partial charge on any atom is -0.462 e. The Morgan fingerprint density at radius 3 is 1.03 bits per heavy atom. The van der Waals surface area contributed by atoms with Crippen LogP contribution < -0.4 is 0 Å². The molecule has 0 N–H and O–H groups in total. The molecule has 0 aliphatic heterocycles. The van der Waals surface area contributed by atoms with Crippen molar-refractivity contribution in [2.45, 2.75) is 252 Å². The minimum atomic E-state index is -0.828. The standard InChI is InChI=1S/C58H98O6/c1-4-7-10-13-16-19-21-23-25-26-27-28-29-30-31-32-34-35-37-39-42-45-48-51-57(60)63-54-55(53-62-56(59)50-47-44-41-18-15-12-9-6-3)64-58(61)52-49-46-43-40-38-36-33-24-22-20-17-14-11-8-5-2/h8,11,17,20-21,23-24,26-27,33,38,40,46,49,55H,4-7,9-10,12-16,18-19,22,25,28-32,34-37,39,41-45,47-48,50-54H2,1-3H3/b11-8-,20-17-,23-21-,27-26-,33-24-,40-38-,49-46-. The van der Waals surface area contributed by atoms with Gasteiger partial charge in [-0.05, 0) is 77.0 Å². The third kappa shape index (κ3) is 49.6. The quantitative estimate of drug-likeness (QED) is 0.0262. The van der Waals surface area contributed by atoms with Gasteiger partial charge in [0.1, 0.15) is 13.2 Å². The molecule has 64 heavy (non-hydrogen) atoms. The molecule has 1 unspecified atom stereocenters. The Labute approximate surface area is 395 Å². The summed E-state index contributed by atoms with van der Waals surface area (Å²) in [5.41, 5.74) is 0. The van der Waals surface area contributed by atoms with E-state index >= 15 is 0 Å². The van der Waals surface area contributed by atoms with Crippen LogP contribution in [0.25, 0.3) is 0 Å². The van der Waals surface area contributed by atoms with Crippen molar-refractivity contribution >= 4 is 17.9 Å². The normalized spacial score (nSPS) is 12.7. The average molecular weight is 891 g/mol. The molecule has 6 nitrogen and oxygen atoms in total. The molecule has 0 fully saturated rings. The van der Waals surface area contributed by atoms with Crippen molar-refractivity contribution in [1.29, 1.82) is 0 Å². The number of rotatable bonds is 47. The van der Waals surface area contributed by atoms with E-state index in [4.69, 9.17) is 14.2 Å². The number of hydrogen-bond donors (Lipinski definition) is 0. The molecule has 0 aromatic carbocycles. The van der Waals surface area contributed by atoms with Gasteiger partial charge in [0.2, 0.25) is 0 Å². The lowest BCUT2D eigenvalue weighted by atomic mass is 10.0. The molecule has 0 rings (SSSR count). The summed E-state index contributed by atoms with van der Waals surface area (Å²) in [5, 5.41) is 0. The summed E-state index contributed by atoms with van der Waals surface area (Å²) >= 11 is 0. The lowest BCUT2D eigenvalue weighted by Gasteiger charge is -2.18. The average Bonchev–Trinajstić information content (AvgIpc) is 3.29. The molecule has 0 spiro atoms. The van der Waals surface area contributed by atoms with Crippen LogP contribution in [0.1, 0.15) is 245 Å². The van der Waals surface area contributed by atoms with Crippen LogP contribution in [-0.4, -0.2) is 37.2 Å². The van der Waals surface area contributed by atoms with Crippen molar-refractivity contribution in [3.8, 4) is 0 Å². The van der Waals surface area contributed by atoms with Crippen LogP contribution in [0.4, 0.5) is 0 Å². The first-order valence-corrected chi connectivity index (χ1v) is 26.6. The Morgan fingerprint density at radius 1 is 0.344 bits per heavy atom. The Balaban J connectivity index is 4.32. The molecule has 1 atom stereocenters. The summed E-state index contributed by atoms with van der Waals surface area (Å²) in [5.74, 6) is -1.05. The number of carbonyl (C=O) groups is 3. The van der Waals surface area contributed by atoms with E-state index in [2.05, 4.69) is 93.7 Å². The maximum atomic E-state index is 12.7. The van der Waals surface area contributed by atoms with Gasteiger partial charge in [0.15, 0.2) is 6.10 Å². The summed E-state index contributed by atoms with van der Waals surface area (Å²) in [6.07, 6.45) is 67.6. The van der Waals surface area contributed by atoms with E-state index < -0.39 is 12.1 Å². The molecule has 0 saturated carbocycles. The molecule has 0 aliphatic carbocycles. The topological polar surface area (TPSA) is 78.9 Å². The van der Waals surface area contributed by atoms with E-state index in [1.807, 2.05) is 6.08 Å². The van der Waals surface area contributed by atoms with Crippen LogP contribution in [0.2, 0.25) is 0 Å². The predicted molar refractivity (Wildman–Crippen MR) is 274 cm³/mol. The number of carbonyl (C=O) groups excluding carboxylic acids is 3. The summed E-state index contributed by atoms with van der Waals surface area (Å²) in [6, 6.07) is 0. The highest BCUT2D eigenvalue weighted by molar-refractivity contribution is 5.72. The molecule has 6 heteroatoms. The molecule has 366 valence electrons.